The van der Waals surface area contributed by atoms with E-state index in [0.717, 1.165) is 18.5 Å². The van der Waals surface area contributed by atoms with Crippen LogP contribution in [0.4, 0.5) is 5.69 Å². The number of anilines is 1. The molecule has 0 aromatic heterocycles. The van der Waals surface area contributed by atoms with Gasteiger partial charge in [-0.15, -0.1) is 0 Å². The fourth-order valence-electron chi connectivity index (χ4n) is 2.21. The van der Waals surface area contributed by atoms with Gasteiger partial charge in [0.25, 0.3) is 0 Å². The molecular weight excluding hydrogens is 254 g/mol. The van der Waals surface area contributed by atoms with Crippen molar-refractivity contribution in [3.8, 4) is 0 Å². The molecule has 98 valence electrons. The van der Waals surface area contributed by atoms with E-state index in [1.807, 2.05) is 17.0 Å². The minimum Gasteiger partial charge on any atom is -0.480 e. The zero-order valence-electron chi connectivity index (χ0n) is 10.0. The first-order chi connectivity index (χ1) is 8.66. The number of benzene rings is 1. The van der Waals surface area contributed by atoms with Crippen LogP contribution in [0.2, 0.25) is 5.02 Å². The maximum Gasteiger partial charge on any atom is 0.323 e. The van der Waals surface area contributed by atoms with E-state index in [1.54, 1.807) is 12.1 Å². The van der Waals surface area contributed by atoms with Crippen LogP contribution in [0.5, 0.6) is 0 Å². The number of halogens is 1. The van der Waals surface area contributed by atoms with Crippen molar-refractivity contribution in [3.05, 3.63) is 29.3 Å². The molecule has 0 radical (unpaired) electrons. The maximum absolute atomic E-state index is 11.0. The van der Waals surface area contributed by atoms with Gasteiger partial charge in [-0.05, 0) is 37.1 Å². The highest BCUT2D eigenvalue weighted by molar-refractivity contribution is 6.30. The third-order valence-corrected chi connectivity index (χ3v) is 3.35. The Labute approximate surface area is 111 Å². The van der Waals surface area contributed by atoms with Gasteiger partial charge in [-0.25, -0.2) is 0 Å². The van der Waals surface area contributed by atoms with Crippen molar-refractivity contribution in [1.82, 2.24) is 0 Å². The summed E-state index contributed by atoms with van der Waals surface area (Å²) in [6.07, 6.45) is 1.71. The molecule has 1 aliphatic rings. The lowest BCUT2D eigenvalue weighted by Gasteiger charge is -2.35. The largest absolute Gasteiger partial charge is 0.480 e. The van der Waals surface area contributed by atoms with Crippen LogP contribution < -0.4 is 4.90 Å². The number of hydrogen-bond acceptors (Lipinski definition) is 3. The van der Waals surface area contributed by atoms with Crippen molar-refractivity contribution in [2.45, 2.75) is 18.9 Å². The number of rotatable bonds is 4. The Bertz CT molecular complexity index is 401. The molecule has 5 heteroatoms. The standard InChI is InChI=1S/C13H16ClNO3/c14-10-1-3-11(4-2-10)15(9-13(16)17)12-5-7-18-8-6-12/h1-4,12H,5-9H2,(H,16,17). The minimum absolute atomic E-state index is 0.00625. The molecule has 0 atom stereocenters. The topological polar surface area (TPSA) is 49.8 Å². The number of aliphatic carboxylic acids is 1. The number of carboxylic acid groups (broad SMARTS) is 1. The van der Waals surface area contributed by atoms with Gasteiger partial charge in [0.05, 0.1) is 0 Å². The lowest BCUT2D eigenvalue weighted by atomic mass is 10.1. The van der Waals surface area contributed by atoms with Crippen LogP contribution in [0.3, 0.4) is 0 Å². The summed E-state index contributed by atoms with van der Waals surface area (Å²) < 4.78 is 5.31. The molecular formula is C13H16ClNO3. The number of carbonyl (C=O) groups is 1. The Hall–Kier alpha value is -1.26. The highest BCUT2D eigenvalue weighted by Gasteiger charge is 2.23. The van der Waals surface area contributed by atoms with Crippen LogP contribution in [0.25, 0.3) is 0 Å². The van der Waals surface area contributed by atoms with Crippen molar-refractivity contribution in [3.63, 3.8) is 0 Å². The van der Waals surface area contributed by atoms with E-state index in [4.69, 9.17) is 21.4 Å². The van der Waals surface area contributed by atoms with Gasteiger partial charge in [-0.1, -0.05) is 11.6 Å². The molecule has 1 heterocycles. The molecule has 0 aliphatic carbocycles. The normalized spacial score (nSPS) is 16.5. The lowest BCUT2D eigenvalue weighted by Crippen LogP contribution is -2.42. The molecule has 1 aliphatic heterocycles. The van der Waals surface area contributed by atoms with Crippen molar-refractivity contribution >= 4 is 23.3 Å². The van der Waals surface area contributed by atoms with Gasteiger partial charge in [-0.2, -0.15) is 0 Å². The van der Waals surface area contributed by atoms with Crippen LogP contribution in [-0.2, 0) is 9.53 Å². The average Bonchev–Trinajstić information content (AvgIpc) is 2.38. The zero-order valence-corrected chi connectivity index (χ0v) is 10.8. The number of hydrogen-bond donors (Lipinski definition) is 1. The molecule has 0 saturated carbocycles. The summed E-state index contributed by atoms with van der Waals surface area (Å²) in [5, 5.41) is 9.69. The number of nitrogens with zero attached hydrogens (tertiary/aromatic N) is 1. The van der Waals surface area contributed by atoms with Crippen LogP contribution in [0.1, 0.15) is 12.8 Å². The predicted molar refractivity (Wildman–Crippen MR) is 70.3 cm³/mol. The second-order valence-corrected chi connectivity index (χ2v) is 4.78. The molecule has 1 saturated heterocycles. The second kappa shape index (κ2) is 6.07. The molecule has 1 fully saturated rings. The van der Waals surface area contributed by atoms with E-state index in [0.29, 0.717) is 18.2 Å². The lowest BCUT2D eigenvalue weighted by molar-refractivity contribution is -0.135. The van der Waals surface area contributed by atoms with E-state index < -0.39 is 5.97 Å². The van der Waals surface area contributed by atoms with Crippen LogP contribution in [0.15, 0.2) is 24.3 Å². The van der Waals surface area contributed by atoms with Crippen molar-refractivity contribution < 1.29 is 14.6 Å². The van der Waals surface area contributed by atoms with E-state index in [9.17, 15) is 4.79 Å². The highest BCUT2D eigenvalue weighted by Crippen LogP contribution is 2.24. The van der Waals surface area contributed by atoms with Gasteiger partial charge in [0.1, 0.15) is 6.54 Å². The van der Waals surface area contributed by atoms with Crippen molar-refractivity contribution in [1.29, 1.82) is 0 Å². The first-order valence-electron chi connectivity index (χ1n) is 5.98. The summed E-state index contributed by atoms with van der Waals surface area (Å²) in [5.41, 5.74) is 0.897. The Balaban J connectivity index is 2.17. The van der Waals surface area contributed by atoms with Crippen LogP contribution in [0, 0.1) is 0 Å². The first kappa shape index (κ1) is 13.2. The molecule has 0 bridgehead atoms. The molecule has 1 aromatic rings. The molecule has 18 heavy (non-hydrogen) atoms. The van der Waals surface area contributed by atoms with Crippen molar-refractivity contribution in [2.75, 3.05) is 24.7 Å². The molecule has 2 rings (SSSR count). The first-order valence-corrected chi connectivity index (χ1v) is 6.36. The Morgan fingerprint density at radius 2 is 1.94 bits per heavy atom. The molecule has 0 spiro atoms. The monoisotopic (exact) mass is 269 g/mol. The summed E-state index contributed by atoms with van der Waals surface area (Å²) in [5.74, 6) is -0.823. The molecule has 0 amide bonds. The quantitative estimate of drug-likeness (QED) is 0.912. The zero-order chi connectivity index (χ0) is 13.0. The van der Waals surface area contributed by atoms with Gasteiger partial charge in [0.15, 0.2) is 0 Å². The fraction of sp³-hybridized carbons (Fsp3) is 0.462. The summed E-state index contributed by atoms with van der Waals surface area (Å²) in [4.78, 5) is 12.9. The summed E-state index contributed by atoms with van der Waals surface area (Å²) in [6.45, 7) is 1.38. The smallest absolute Gasteiger partial charge is 0.323 e. The van der Waals surface area contributed by atoms with E-state index >= 15 is 0 Å². The summed E-state index contributed by atoms with van der Waals surface area (Å²) in [6, 6.07) is 7.51. The second-order valence-electron chi connectivity index (χ2n) is 4.34. The summed E-state index contributed by atoms with van der Waals surface area (Å²) in [7, 11) is 0. The highest BCUT2D eigenvalue weighted by atomic mass is 35.5. The van der Waals surface area contributed by atoms with Crippen LogP contribution >= 0.6 is 11.6 Å². The predicted octanol–water partition coefficient (Wildman–Crippen LogP) is 2.41. The molecule has 4 nitrogen and oxygen atoms in total. The number of carboxylic acids is 1. The van der Waals surface area contributed by atoms with Gasteiger partial charge >= 0.3 is 5.97 Å². The third-order valence-electron chi connectivity index (χ3n) is 3.10. The maximum atomic E-state index is 11.0. The van der Waals surface area contributed by atoms with Gasteiger partial charge in [-0.3, -0.25) is 4.79 Å². The third kappa shape index (κ3) is 3.37. The molecule has 1 N–H and O–H groups in total. The Morgan fingerprint density at radius 1 is 1.33 bits per heavy atom. The van der Waals surface area contributed by atoms with E-state index in [2.05, 4.69) is 0 Å². The van der Waals surface area contributed by atoms with Crippen LogP contribution in [-0.4, -0.2) is 36.9 Å². The fourth-order valence-corrected chi connectivity index (χ4v) is 2.33. The SMILES string of the molecule is O=C(O)CN(c1ccc(Cl)cc1)C1CCOCC1. The summed E-state index contributed by atoms with van der Waals surface area (Å²) >= 11 is 5.85. The van der Waals surface area contributed by atoms with E-state index in [1.165, 1.54) is 0 Å². The van der Waals surface area contributed by atoms with Gasteiger partial charge in [0, 0.05) is 30.0 Å². The molecule has 1 aromatic carbocycles. The van der Waals surface area contributed by atoms with Crippen molar-refractivity contribution in [2.24, 2.45) is 0 Å². The minimum atomic E-state index is -0.823. The Kier molecular flexibility index (Phi) is 4.44. The van der Waals surface area contributed by atoms with E-state index in [-0.39, 0.29) is 12.6 Å². The average molecular weight is 270 g/mol. The Morgan fingerprint density at radius 3 is 2.50 bits per heavy atom. The van der Waals surface area contributed by atoms with Gasteiger partial charge < -0.3 is 14.7 Å². The van der Waals surface area contributed by atoms with Gasteiger partial charge in [0.2, 0.25) is 0 Å². The molecule has 0 unspecified atom stereocenters. The number of ether oxygens (including phenoxy) is 1.